The second kappa shape index (κ2) is 7.35. The van der Waals surface area contributed by atoms with Gasteiger partial charge in [0, 0.05) is 30.1 Å². The lowest BCUT2D eigenvalue weighted by Gasteiger charge is -2.22. The lowest BCUT2D eigenvalue weighted by molar-refractivity contribution is -0.137. The SMILES string of the molecule is C[C@H]1Cc2ccccc2N1C(=O)CCc1nc(-c2cccc(C(F)(F)F)c2)no1. The molecular formula is C21H18F3N3O2. The number of para-hydroxylation sites is 1. The predicted octanol–water partition coefficient (Wildman–Crippen LogP) is 4.67. The standard InChI is InChI=1S/C21H18F3N3O2/c1-13-11-14-5-2-3-8-17(14)27(13)19(28)10-9-18-25-20(26-29-18)15-6-4-7-16(12-15)21(22,23)24/h2-8,12-13H,9-11H2,1H3/t13-/m0/s1. The molecule has 0 bridgehead atoms. The molecule has 4 rings (SSSR count). The van der Waals surface area contributed by atoms with Crippen LogP contribution in [0.5, 0.6) is 0 Å². The highest BCUT2D eigenvalue weighted by Gasteiger charge is 2.31. The second-order valence-electron chi connectivity index (χ2n) is 7.04. The smallest absolute Gasteiger partial charge is 0.339 e. The Balaban J connectivity index is 1.45. The molecule has 150 valence electrons. The molecule has 0 saturated carbocycles. The van der Waals surface area contributed by atoms with Crippen LogP contribution in [0.25, 0.3) is 11.4 Å². The number of amides is 1. The highest BCUT2D eigenvalue weighted by atomic mass is 19.4. The normalized spacial score (nSPS) is 16.1. The quantitative estimate of drug-likeness (QED) is 0.638. The highest BCUT2D eigenvalue weighted by Crippen LogP contribution is 2.33. The van der Waals surface area contributed by atoms with E-state index in [4.69, 9.17) is 4.52 Å². The van der Waals surface area contributed by atoms with Gasteiger partial charge in [0.25, 0.3) is 0 Å². The Morgan fingerprint density at radius 2 is 2.00 bits per heavy atom. The van der Waals surface area contributed by atoms with Crippen molar-refractivity contribution in [3.05, 3.63) is 65.5 Å². The van der Waals surface area contributed by atoms with Crippen molar-refractivity contribution in [1.29, 1.82) is 0 Å². The number of carbonyl (C=O) groups is 1. The van der Waals surface area contributed by atoms with E-state index in [-0.39, 0.29) is 42.1 Å². The number of aromatic nitrogens is 2. The van der Waals surface area contributed by atoms with Crippen LogP contribution in [0.15, 0.2) is 53.1 Å². The van der Waals surface area contributed by atoms with Crippen molar-refractivity contribution in [2.45, 2.75) is 38.4 Å². The predicted molar refractivity (Wildman–Crippen MR) is 100 cm³/mol. The summed E-state index contributed by atoms with van der Waals surface area (Å²) in [5.74, 6) is 0.227. The summed E-state index contributed by atoms with van der Waals surface area (Å²) in [6.07, 6.45) is -3.25. The van der Waals surface area contributed by atoms with Crippen LogP contribution in [0.2, 0.25) is 0 Å². The fourth-order valence-corrected chi connectivity index (χ4v) is 3.59. The van der Waals surface area contributed by atoms with Gasteiger partial charge in [-0.1, -0.05) is 35.5 Å². The Morgan fingerprint density at radius 1 is 1.21 bits per heavy atom. The summed E-state index contributed by atoms with van der Waals surface area (Å²) >= 11 is 0. The minimum atomic E-state index is -4.45. The van der Waals surface area contributed by atoms with Gasteiger partial charge >= 0.3 is 6.18 Å². The lowest BCUT2D eigenvalue weighted by Crippen LogP contribution is -2.35. The Kier molecular flexibility index (Phi) is 4.86. The molecule has 1 atom stereocenters. The maximum Gasteiger partial charge on any atom is 0.416 e. The largest absolute Gasteiger partial charge is 0.416 e. The van der Waals surface area contributed by atoms with Crippen LogP contribution in [0, 0.1) is 0 Å². The zero-order valence-electron chi connectivity index (χ0n) is 15.6. The van der Waals surface area contributed by atoms with E-state index in [1.54, 1.807) is 4.90 Å². The Labute approximate surface area is 165 Å². The summed E-state index contributed by atoms with van der Waals surface area (Å²) in [5.41, 5.74) is 1.49. The van der Waals surface area contributed by atoms with Gasteiger partial charge in [0.05, 0.1) is 5.56 Å². The molecule has 0 unspecified atom stereocenters. The van der Waals surface area contributed by atoms with Crippen molar-refractivity contribution in [3.8, 4) is 11.4 Å². The van der Waals surface area contributed by atoms with Crippen molar-refractivity contribution in [3.63, 3.8) is 0 Å². The number of rotatable bonds is 4. The summed E-state index contributed by atoms with van der Waals surface area (Å²) in [5, 5.41) is 3.76. The molecule has 0 radical (unpaired) electrons. The van der Waals surface area contributed by atoms with Gasteiger partial charge in [0.2, 0.25) is 17.6 Å². The second-order valence-corrected chi connectivity index (χ2v) is 7.04. The topological polar surface area (TPSA) is 59.2 Å². The molecule has 0 spiro atoms. The van der Waals surface area contributed by atoms with Gasteiger partial charge in [-0.25, -0.2) is 0 Å². The van der Waals surface area contributed by atoms with Crippen LogP contribution in [-0.4, -0.2) is 22.1 Å². The van der Waals surface area contributed by atoms with Crippen LogP contribution >= 0.6 is 0 Å². The van der Waals surface area contributed by atoms with Crippen molar-refractivity contribution in [1.82, 2.24) is 10.1 Å². The van der Waals surface area contributed by atoms with Crippen LogP contribution in [0.4, 0.5) is 18.9 Å². The van der Waals surface area contributed by atoms with E-state index in [9.17, 15) is 18.0 Å². The number of alkyl halides is 3. The number of aryl methyl sites for hydroxylation is 1. The third-order valence-electron chi connectivity index (χ3n) is 4.94. The zero-order valence-corrected chi connectivity index (χ0v) is 15.6. The molecule has 1 aliphatic rings. The maximum absolute atomic E-state index is 12.9. The third-order valence-corrected chi connectivity index (χ3v) is 4.94. The van der Waals surface area contributed by atoms with Gasteiger partial charge in [0.1, 0.15) is 0 Å². The first kappa shape index (κ1) is 19.2. The molecule has 3 aromatic rings. The molecular weight excluding hydrogens is 383 g/mol. The molecule has 5 nitrogen and oxygen atoms in total. The number of carbonyl (C=O) groups excluding carboxylic acids is 1. The number of fused-ring (bicyclic) bond motifs is 1. The number of hydrogen-bond acceptors (Lipinski definition) is 4. The van der Waals surface area contributed by atoms with Crippen molar-refractivity contribution in [2.24, 2.45) is 0 Å². The fourth-order valence-electron chi connectivity index (χ4n) is 3.59. The van der Waals surface area contributed by atoms with E-state index in [0.717, 1.165) is 29.8 Å². The van der Waals surface area contributed by atoms with Gasteiger partial charge < -0.3 is 9.42 Å². The van der Waals surface area contributed by atoms with Crippen molar-refractivity contribution in [2.75, 3.05) is 4.90 Å². The highest BCUT2D eigenvalue weighted by molar-refractivity contribution is 5.96. The van der Waals surface area contributed by atoms with E-state index < -0.39 is 11.7 Å². The number of halogens is 3. The molecule has 29 heavy (non-hydrogen) atoms. The summed E-state index contributed by atoms with van der Waals surface area (Å²) in [6, 6.07) is 12.6. The van der Waals surface area contributed by atoms with Crippen LogP contribution in [-0.2, 0) is 23.8 Å². The summed E-state index contributed by atoms with van der Waals surface area (Å²) < 4.78 is 43.8. The van der Waals surface area contributed by atoms with Gasteiger partial charge in [-0.15, -0.1) is 0 Å². The Bertz CT molecular complexity index is 1050. The Morgan fingerprint density at radius 3 is 2.79 bits per heavy atom. The number of hydrogen-bond donors (Lipinski definition) is 0. The van der Waals surface area contributed by atoms with Crippen LogP contribution < -0.4 is 4.90 Å². The molecule has 0 fully saturated rings. The maximum atomic E-state index is 12.9. The first-order chi connectivity index (χ1) is 13.8. The average molecular weight is 401 g/mol. The summed E-state index contributed by atoms with van der Waals surface area (Å²) in [7, 11) is 0. The number of anilines is 1. The average Bonchev–Trinajstić information content (AvgIpc) is 3.29. The monoisotopic (exact) mass is 401 g/mol. The number of nitrogens with zero attached hydrogens (tertiary/aromatic N) is 3. The first-order valence-corrected chi connectivity index (χ1v) is 9.23. The molecule has 2 aromatic carbocycles. The molecule has 1 aliphatic heterocycles. The van der Waals surface area contributed by atoms with Gasteiger partial charge in [-0.2, -0.15) is 18.2 Å². The van der Waals surface area contributed by atoms with Crippen LogP contribution in [0.1, 0.15) is 30.4 Å². The molecule has 0 aliphatic carbocycles. The molecule has 0 N–H and O–H groups in total. The summed E-state index contributed by atoms with van der Waals surface area (Å²) in [4.78, 5) is 18.7. The lowest BCUT2D eigenvalue weighted by atomic mass is 10.1. The van der Waals surface area contributed by atoms with Crippen LogP contribution in [0.3, 0.4) is 0 Å². The summed E-state index contributed by atoms with van der Waals surface area (Å²) in [6.45, 7) is 2.00. The molecule has 1 aromatic heterocycles. The van der Waals surface area contributed by atoms with E-state index >= 15 is 0 Å². The zero-order chi connectivity index (χ0) is 20.6. The van der Waals surface area contributed by atoms with Gasteiger partial charge in [-0.3, -0.25) is 4.79 Å². The molecule has 2 heterocycles. The van der Waals surface area contributed by atoms with E-state index in [2.05, 4.69) is 10.1 Å². The van der Waals surface area contributed by atoms with Gasteiger partial charge in [0.15, 0.2) is 0 Å². The minimum Gasteiger partial charge on any atom is -0.339 e. The molecule has 1 amide bonds. The first-order valence-electron chi connectivity index (χ1n) is 9.23. The fraction of sp³-hybridized carbons (Fsp3) is 0.286. The molecule has 8 heteroatoms. The van der Waals surface area contributed by atoms with E-state index in [1.807, 2.05) is 31.2 Å². The third kappa shape index (κ3) is 3.87. The van der Waals surface area contributed by atoms with Crippen molar-refractivity contribution >= 4 is 11.6 Å². The van der Waals surface area contributed by atoms with Crippen molar-refractivity contribution < 1.29 is 22.5 Å². The Hall–Kier alpha value is -3.16. The molecule has 0 saturated heterocycles. The minimum absolute atomic E-state index is 0.0544. The number of benzene rings is 2. The van der Waals surface area contributed by atoms with E-state index in [1.165, 1.54) is 12.1 Å². The van der Waals surface area contributed by atoms with Gasteiger partial charge in [-0.05, 0) is 37.1 Å². The van der Waals surface area contributed by atoms with E-state index in [0.29, 0.717) is 0 Å².